The second-order valence-corrected chi connectivity index (χ2v) is 8.67. The van der Waals surface area contributed by atoms with E-state index >= 15 is 0 Å². The second kappa shape index (κ2) is 6.77. The third-order valence-corrected chi connectivity index (χ3v) is 5.34. The number of likely N-dealkylation sites (tertiary alicyclic amines) is 1. The highest BCUT2D eigenvalue weighted by atomic mass is 32.2. The average Bonchev–Trinajstić information content (AvgIpc) is 2.93. The molecular weight excluding hydrogens is 330 g/mol. The summed E-state index contributed by atoms with van der Waals surface area (Å²) in [4.78, 5) is 17.6. The van der Waals surface area contributed by atoms with Crippen molar-refractivity contribution in [3.63, 3.8) is 0 Å². The lowest BCUT2D eigenvalue weighted by Crippen LogP contribution is -2.42. The molecule has 0 aliphatic carbocycles. The maximum atomic E-state index is 12.6. The number of sulfone groups is 1. The first-order valence-electron chi connectivity index (χ1n) is 7.71. The Morgan fingerprint density at radius 3 is 2.83 bits per heavy atom. The fourth-order valence-electron chi connectivity index (χ4n) is 2.63. The maximum Gasteiger partial charge on any atom is 0.410 e. The van der Waals surface area contributed by atoms with Crippen LogP contribution < -0.4 is 0 Å². The van der Waals surface area contributed by atoms with Crippen LogP contribution >= 0.6 is 0 Å². The molecular formula is C16H21N3O4S. The minimum absolute atomic E-state index is 0.0133. The highest BCUT2D eigenvalue weighted by molar-refractivity contribution is 7.91. The molecule has 1 aromatic heterocycles. The highest BCUT2D eigenvalue weighted by Crippen LogP contribution is 2.24. The number of carbonyl (C=O) groups is 1. The number of pyridine rings is 1. The van der Waals surface area contributed by atoms with Crippen LogP contribution in [0.3, 0.4) is 0 Å². The number of aromatic nitrogens is 1. The van der Waals surface area contributed by atoms with E-state index in [2.05, 4.69) is 4.98 Å². The lowest BCUT2D eigenvalue weighted by atomic mass is 10.2. The van der Waals surface area contributed by atoms with E-state index in [0.717, 1.165) is 0 Å². The fourth-order valence-corrected chi connectivity index (χ4v) is 4.31. The Morgan fingerprint density at radius 2 is 2.21 bits per heavy atom. The Hall–Kier alpha value is -2.14. The maximum absolute atomic E-state index is 12.6. The smallest absolute Gasteiger partial charge is 0.410 e. The molecule has 1 amide bonds. The van der Waals surface area contributed by atoms with Gasteiger partial charge in [0.2, 0.25) is 0 Å². The van der Waals surface area contributed by atoms with Gasteiger partial charge in [-0.3, -0.25) is 0 Å². The molecule has 1 fully saturated rings. The number of rotatable bonds is 3. The molecule has 8 heteroatoms. The van der Waals surface area contributed by atoms with Crippen LogP contribution in [0.2, 0.25) is 0 Å². The molecule has 1 saturated heterocycles. The zero-order valence-corrected chi connectivity index (χ0v) is 14.8. The first-order valence-corrected chi connectivity index (χ1v) is 9.37. The van der Waals surface area contributed by atoms with Crippen LogP contribution in [0.4, 0.5) is 4.79 Å². The Bertz CT molecular complexity index is 762. The van der Waals surface area contributed by atoms with Crippen molar-refractivity contribution in [1.82, 2.24) is 9.88 Å². The largest absolute Gasteiger partial charge is 0.444 e. The number of carbonyl (C=O) groups excluding carboxylic acids is 1. The fraction of sp³-hybridized carbons (Fsp3) is 0.562. The molecule has 7 nitrogen and oxygen atoms in total. The van der Waals surface area contributed by atoms with E-state index < -0.39 is 27.6 Å². The number of hydrogen-bond acceptors (Lipinski definition) is 6. The van der Waals surface area contributed by atoms with Gasteiger partial charge >= 0.3 is 6.09 Å². The molecule has 0 aromatic carbocycles. The molecule has 2 heterocycles. The minimum Gasteiger partial charge on any atom is -0.444 e. The average molecular weight is 351 g/mol. The predicted molar refractivity (Wildman–Crippen MR) is 87.0 cm³/mol. The number of hydrogen-bond donors (Lipinski definition) is 0. The molecule has 0 saturated carbocycles. The van der Waals surface area contributed by atoms with Gasteiger partial charge in [0.05, 0.1) is 11.3 Å². The van der Waals surface area contributed by atoms with Crippen molar-refractivity contribution in [1.29, 1.82) is 5.26 Å². The summed E-state index contributed by atoms with van der Waals surface area (Å²) in [5.41, 5.74) is -0.628. The van der Waals surface area contributed by atoms with Crippen LogP contribution in [-0.4, -0.2) is 48.3 Å². The molecule has 0 spiro atoms. The summed E-state index contributed by atoms with van der Waals surface area (Å²) in [5, 5.41) is 8.84. The van der Waals surface area contributed by atoms with Gasteiger partial charge in [0, 0.05) is 18.8 Å². The van der Waals surface area contributed by atoms with E-state index in [1.807, 2.05) is 6.07 Å². The van der Waals surface area contributed by atoms with Crippen LogP contribution in [0.25, 0.3) is 0 Å². The van der Waals surface area contributed by atoms with Crippen LogP contribution in [-0.2, 0) is 14.6 Å². The molecule has 0 radical (unpaired) electrons. The van der Waals surface area contributed by atoms with Gasteiger partial charge < -0.3 is 9.64 Å². The molecule has 0 unspecified atom stereocenters. The van der Waals surface area contributed by atoms with Crippen LogP contribution in [0.15, 0.2) is 23.4 Å². The van der Waals surface area contributed by atoms with Gasteiger partial charge in [-0.2, -0.15) is 5.26 Å². The molecule has 2 rings (SSSR count). The lowest BCUT2D eigenvalue weighted by Gasteiger charge is -2.28. The Kier molecular flexibility index (Phi) is 5.13. The van der Waals surface area contributed by atoms with Gasteiger partial charge in [0.25, 0.3) is 0 Å². The summed E-state index contributed by atoms with van der Waals surface area (Å²) in [6, 6.07) is 4.30. The molecule has 0 bridgehead atoms. The van der Waals surface area contributed by atoms with Gasteiger partial charge in [0.15, 0.2) is 14.9 Å². The van der Waals surface area contributed by atoms with Crippen LogP contribution in [0, 0.1) is 11.3 Å². The first-order chi connectivity index (χ1) is 11.1. The van der Waals surface area contributed by atoms with E-state index in [1.54, 1.807) is 20.8 Å². The Labute approximate surface area is 142 Å². The van der Waals surface area contributed by atoms with Gasteiger partial charge in [-0.05, 0) is 45.7 Å². The van der Waals surface area contributed by atoms with Crippen molar-refractivity contribution in [3.05, 3.63) is 23.9 Å². The summed E-state index contributed by atoms with van der Waals surface area (Å²) in [7, 11) is -3.78. The first kappa shape index (κ1) is 18.2. The lowest BCUT2D eigenvalue weighted by molar-refractivity contribution is 0.0241. The summed E-state index contributed by atoms with van der Waals surface area (Å²) in [6.07, 6.45) is 2.12. The quantitative estimate of drug-likeness (QED) is 0.827. The number of amides is 1. The van der Waals surface area contributed by atoms with E-state index in [1.165, 1.54) is 23.2 Å². The molecule has 1 aliphatic rings. The Balaban J connectivity index is 2.20. The van der Waals surface area contributed by atoms with Crippen molar-refractivity contribution < 1.29 is 17.9 Å². The van der Waals surface area contributed by atoms with Gasteiger partial charge in [-0.25, -0.2) is 18.2 Å². The number of nitriles is 1. The Morgan fingerprint density at radius 1 is 1.50 bits per heavy atom. The summed E-state index contributed by atoms with van der Waals surface area (Å²) < 4.78 is 30.6. The van der Waals surface area contributed by atoms with E-state index in [4.69, 9.17) is 10.00 Å². The summed E-state index contributed by atoms with van der Waals surface area (Å²) >= 11 is 0. The number of ether oxygens (including phenoxy) is 1. The molecule has 0 N–H and O–H groups in total. The van der Waals surface area contributed by atoms with Crippen molar-refractivity contribution in [3.8, 4) is 6.07 Å². The second-order valence-electron chi connectivity index (χ2n) is 6.72. The van der Waals surface area contributed by atoms with Crippen LogP contribution in [0.5, 0.6) is 0 Å². The zero-order chi connectivity index (χ0) is 18.0. The van der Waals surface area contributed by atoms with Crippen molar-refractivity contribution in [2.45, 2.75) is 50.3 Å². The van der Waals surface area contributed by atoms with E-state index in [-0.39, 0.29) is 16.3 Å². The summed E-state index contributed by atoms with van der Waals surface area (Å²) in [6.45, 7) is 5.75. The third kappa shape index (κ3) is 4.23. The molecule has 24 heavy (non-hydrogen) atoms. The monoisotopic (exact) mass is 351 g/mol. The predicted octanol–water partition coefficient (Wildman–Crippen LogP) is 2.13. The third-order valence-electron chi connectivity index (χ3n) is 3.60. The van der Waals surface area contributed by atoms with Crippen molar-refractivity contribution in [2.24, 2.45) is 0 Å². The minimum atomic E-state index is -3.78. The normalized spacial score (nSPS) is 18.2. The number of nitrogens with zero attached hydrogens (tertiary/aromatic N) is 3. The molecule has 130 valence electrons. The van der Waals surface area contributed by atoms with Crippen molar-refractivity contribution >= 4 is 15.9 Å². The molecule has 1 aromatic rings. The van der Waals surface area contributed by atoms with Crippen molar-refractivity contribution in [2.75, 3.05) is 12.3 Å². The van der Waals surface area contributed by atoms with E-state index in [9.17, 15) is 13.2 Å². The topological polar surface area (TPSA) is 100 Å². The van der Waals surface area contributed by atoms with E-state index in [0.29, 0.717) is 19.4 Å². The SMILES string of the molecule is CC(C)(C)OC(=O)N1CCC[C@@H]1CS(=O)(=O)c1ncccc1C#N. The highest BCUT2D eigenvalue weighted by Gasteiger charge is 2.36. The standard InChI is InChI=1S/C16H21N3O4S/c1-16(2,3)23-15(20)19-9-5-7-13(19)11-24(21,22)14-12(10-17)6-4-8-18-14/h4,6,8,13H,5,7,9,11H2,1-3H3/t13-/m1/s1. The molecule has 1 aliphatic heterocycles. The zero-order valence-electron chi connectivity index (χ0n) is 14.0. The van der Waals surface area contributed by atoms with Gasteiger partial charge in [-0.15, -0.1) is 0 Å². The summed E-state index contributed by atoms with van der Waals surface area (Å²) in [5.74, 6) is -0.266. The van der Waals surface area contributed by atoms with Crippen LogP contribution in [0.1, 0.15) is 39.2 Å². The van der Waals surface area contributed by atoms with Gasteiger partial charge in [0.1, 0.15) is 11.7 Å². The molecule has 1 atom stereocenters. The van der Waals surface area contributed by atoms with Gasteiger partial charge in [-0.1, -0.05) is 0 Å².